The lowest BCUT2D eigenvalue weighted by atomic mass is 9.88. The van der Waals surface area contributed by atoms with Gasteiger partial charge in [-0.15, -0.1) is 0 Å². The third kappa shape index (κ3) is 1.80. The topological polar surface area (TPSA) is 28.2 Å². The van der Waals surface area contributed by atoms with E-state index in [1.165, 1.54) is 38.3 Å². The van der Waals surface area contributed by atoms with Crippen LogP contribution >= 0.6 is 0 Å². The molecule has 2 saturated heterocycles. The summed E-state index contributed by atoms with van der Waals surface area (Å²) in [5.41, 5.74) is 2.39. The fraction of sp³-hybridized carbons (Fsp3) is 0.615. The van der Waals surface area contributed by atoms with Gasteiger partial charge in [0.2, 0.25) is 0 Å². The highest BCUT2D eigenvalue weighted by atomic mass is 15.2. The third-order valence-corrected chi connectivity index (χ3v) is 3.97. The molecule has 2 aliphatic rings. The number of piperidine rings is 1. The molecule has 0 bridgehead atoms. The predicted octanol–water partition coefficient (Wildman–Crippen LogP) is 1.44. The third-order valence-electron chi connectivity index (χ3n) is 3.97. The van der Waals surface area contributed by atoms with E-state index in [0.717, 1.165) is 17.5 Å². The first-order valence-electron chi connectivity index (χ1n) is 6.21. The van der Waals surface area contributed by atoms with Gasteiger partial charge in [-0.1, -0.05) is 0 Å². The van der Waals surface area contributed by atoms with Crippen LogP contribution in [0.3, 0.4) is 0 Å². The Bertz CT molecular complexity index is 360. The molecule has 2 atom stereocenters. The number of nitrogens with zero attached hydrogens (tertiary/aromatic N) is 2. The minimum atomic E-state index is 0.843. The molecule has 1 aromatic heterocycles. The predicted molar refractivity (Wildman–Crippen MR) is 65.7 cm³/mol. The van der Waals surface area contributed by atoms with E-state index in [4.69, 9.17) is 0 Å². The zero-order chi connectivity index (χ0) is 11.0. The molecule has 3 nitrogen and oxygen atoms in total. The van der Waals surface area contributed by atoms with Crippen molar-refractivity contribution in [2.45, 2.75) is 13.3 Å². The number of hydrogen-bond acceptors (Lipinski definition) is 3. The molecule has 2 fully saturated rings. The van der Waals surface area contributed by atoms with Crippen molar-refractivity contribution in [3.63, 3.8) is 0 Å². The van der Waals surface area contributed by atoms with Crippen LogP contribution in [0.25, 0.3) is 0 Å². The minimum Gasteiger partial charge on any atom is -0.370 e. The molecule has 16 heavy (non-hydrogen) atoms. The van der Waals surface area contributed by atoms with Gasteiger partial charge in [-0.05, 0) is 50.4 Å². The molecule has 0 saturated carbocycles. The average Bonchev–Trinajstić information content (AvgIpc) is 2.77. The molecular weight excluding hydrogens is 198 g/mol. The van der Waals surface area contributed by atoms with Crippen molar-refractivity contribution in [1.82, 2.24) is 10.3 Å². The SMILES string of the molecule is Cc1ccc(N2CC[C@H]3CNC[C@H]3C2)cn1. The van der Waals surface area contributed by atoms with E-state index in [2.05, 4.69) is 27.3 Å². The molecule has 0 amide bonds. The molecule has 86 valence electrons. The van der Waals surface area contributed by atoms with Gasteiger partial charge >= 0.3 is 0 Å². The lowest BCUT2D eigenvalue weighted by Crippen LogP contribution is -2.40. The second-order valence-electron chi connectivity index (χ2n) is 5.07. The van der Waals surface area contributed by atoms with Gasteiger partial charge in [0.1, 0.15) is 0 Å². The highest BCUT2D eigenvalue weighted by Crippen LogP contribution is 2.29. The summed E-state index contributed by atoms with van der Waals surface area (Å²) < 4.78 is 0. The van der Waals surface area contributed by atoms with E-state index in [0.29, 0.717) is 0 Å². The van der Waals surface area contributed by atoms with Crippen LogP contribution in [-0.4, -0.2) is 31.2 Å². The number of pyridine rings is 1. The monoisotopic (exact) mass is 217 g/mol. The molecule has 0 unspecified atom stereocenters. The molecule has 1 aromatic rings. The van der Waals surface area contributed by atoms with Gasteiger partial charge in [-0.3, -0.25) is 4.98 Å². The van der Waals surface area contributed by atoms with E-state index < -0.39 is 0 Å². The molecule has 1 N–H and O–H groups in total. The summed E-state index contributed by atoms with van der Waals surface area (Å²) in [5, 5.41) is 3.50. The highest BCUT2D eigenvalue weighted by Gasteiger charge is 2.32. The van der Waals surface area contributed by atoms with Gasteiger partial charge < -0.3 is 10.2 Å². The van der Waals surface area contributed by atoms with Crippen LogP contribution in [0.5, 0.6) is 0 Å². The highest BCUT2D eigenvalue weighted by molar-refractivity contribution is 5.45. The van der Waals surface area contributed by atoms with Crippen molar-refractivity contribution in [3.8, 4) is 0 Å². The molecule has 0 spiro atoms. The summed E-state index contributed by atoms with van der Waals surface area (Å²) in [5.74, 6) is 1.75. The fourth-order valence-corrected chi connectivity index (χ4v) is 2.92. The van der Waals surface area contributed by atoms with Gasteiger partial charge in [0.25, 0.3) is 0 Å². The van der Waals surface area contributed by atoms with E-state index in [1.807, 2.05) is 13.1 Å². The quantitative estimate of drug-likeness (QED) is 0.771. The molecule has 2 aliphatic heterocycles. The Morgan fingerprint density at radius 3 is 3.00 bits per heavy atom. The zero-order valence-corrected chi connectivity index (χ0v) is 9.82. The number of fused-ring (bicyclic) bond motifs is 1. The summed E-state index contributed by atoms with van der Waals surface area (Å²) in [6.45, 7) is 6.85. The first kappa shape index (κ1) is 10.1. The maximum atomic E-state index is 4.38. The van der Waals surface area contributed by atoms with Gasteiger partial charge in [-0.2, -0.15) is 0 Å². The maximum Gasteiger partial charge on any atom is 0.0553 e. The smallest absolute Gasteiger partial charge is 0.0553 e. The number of aryl methyl sites for hydroxylation is 1. The zero-order valence-electron chi connectivity index (χ0n) is 9.82. The van der Waals surface area contributed by atoms with Gasteiger partial charge in [-0.25, -0.2) is 0 Å². The van der Waals surface area contributed by atoms with Gasteiger partial charge in [0, 0.05) is 18.8 Å². The molecular formula is C13H19N3. The number of rotatable bonds is 1. The Labute approximate surface area is 96.9 Å². The van der Waals surface area contributed by atoms with Crippen LogP contribution in [0, 0.1) is 18.8 Å². The number of aromatic nitrogens is 1. The Kier molecular flexibility index (Phi) is 2.56. The van der Waals surface area contributed by atoms with Gasteiger partial charge in [0.05, 0.1) is 11.9 Å². The van der Waals surface area contributed by atoms with Crippen LogP contribution in [0.1, 0.15) is 12.1 Å². The van der Waals surface area contributed by atoms with Crippen molar-refractivity contribution in [2.75, 3.05) is 31.1 Å². The second-order valence-corrected chi connectivity index (χ2v) is 5.07. The van der Waals surface area contributed by atoms with Gasteiger partial charge in [0.15, 0.2) is 0 Å². The molecule has 0 aromatic carbocycles. The number of anilines is 1. The molecule has 3 heterocycles. The number of nitrogens with one attached hydrogen (secondary N) is 1. The maximum absolute atomic E-state index is 4.38. The van der Waals surface area contributed by atoms with Crippen LogP contribution in [0.4, 0.5) is 5.69 Å². The summed E-state index contributed by atoms with van der Waals surface area (Å²) >= 11 is 0. The molecule has 3 heteroatoms. The Balaban J connectivity index is 1.74. The normalized spacial score (nSPS) is 29.2. The van der Waals surface area contributed by atoms with E-state index in [9.17, 15) is 0 Å². The molecule has 0 aliphatic carbocycles. The van der Waals surface area contributed by atoms with Crippen LogP contribution in [0.15, 0.2) is 18.3 Å². The lowest BCUT2D eigenvalue weighted by molar-refractivity contribution is 0.349. The molecule has 3 rings (SSSR count). The van der Waals surface area contributed by atoms with Crippen molar-refractivity contribution in [1.29, 1.82) is 0 Å². The lowest BCUT2D eigenvalue weighted by Gasteiger charge is -2.35. The van der Waals surface area contributed by atoms with Crippen LogP contribution < -0.4 is 10.2 Å². The van der Waals surface area contributed by atoms with Crippen molar-refractivity contribution in [3.05, 3.63) is 24.0 Å². The summed E-state index contributed by atoms with van der Waals surface area (Å²) in [4.78, 5) is 6.87. The summed E-state index contributed by atoms with van der Waals surface area (Å²) in [6, 6.07) is 4.30. The van der Waals surface area contributed by atoms with E-state index in [1.54, 1.807) is 0 Å². The summed E-state index contributed by atoms with van der Waals surface area (Å²) in [7, 11) is 0. The summed E-state index contributed by atoms with van der Waals surface area (Å²) in [6.07, 6.45) is 3.34. The molecule has 0 radical (unpaired) electrons. The first-order valence-corrected chi connectivity index (χ1v) is 6.21. The standard InChI is InChI=1S/C13H19N3/c1-10-2-3-13(8-15-10)16-5-4-11-6-14-7-12(11)9-16/h2-3,8,11-12,14H,4-7,9H2,1H3/t11-,12-/m0/s1. The van der Waals surface area contributed by atoms with Crippen molar-refractivity contribution in [2.24, 2.45) is 11.8 Å². The van der Waals surface area contributed by atoms with E-state index in [-0.39, 0.29) is 0 Å². The fourth-order valence-electron chi connectivity index (χ4n) is 2.92. The Hall–Kier alpha value is -1.09. The van der Waals surface area contributed by atoms with Crippen molar-refractivity contribution >= 4 is 5.69 Å². The first-order chi connectivity index (χ1) is 7.83. The van der Waals surface area contributed by atoms with Crippen LogP contribution in [0.2, 0.25) is 0 Å². The Morgan fingerprint density at radius 1 is 1.31 bits per heavy atom. The largest absolute Gasteiger partial charge is 0.370 e. The minimum absolute atomic E-state index is 0.843. The average molecular weight is 217 g/mol. The van der Waals surface area contributed by atoms with Crippen molar-refractivity contribution < 1.29 is 0 Å². The van der Waals surface area contributed by atoms with E-state index >= 15 is 0 Å². The van der Waals surface area contributed by atoms with Crippen LogP contribution in [-0.2, 0) is 0 Å². The Morgan fingerprint density at radius 2 is 2.19 bits per heavy atom. The number of hydrogen-bond donors (Lipinski definition) is 1. The second kappa shape index (κ2) is 4.06.